The Kier molecular flexibility index (Phi) is 5.20. The van der Waals surface area contributed by atoms with Gasteiger partial charge in [-0.05, 0) is 25.1 Å². The Morgan fingerprint density at radius 1 is 1.15 bits per heavy atom. The topological polar surface area (TPSA) is 67.8 Å². The van der Waals surface area contributed by atoms with Gasteiger partial charge < -0.3 is 0 Å². The maximum atomic E-state index is 13.0. The molecule has 142 valence electrons. The molecule has 0 saturated carbocycles. The number of nitrogens with one attached hydrogen (secondary N) is 1. The first-order chi connectivity index (χ1) is 12.7. The fourth-order valence-corrected chi connectivity index (χ4v) is 4.51. The van der Waals surface area contributed by atoms with Crippen LogP contribution in [0.25, 0.3) is 11.4 Å². The third-order valence-corrected chi connectivity index (χ3v) is 6.63. The molecule has 3 aromatic heterocycles. The number of anilines is 1. The number of hydrogen-bond acceptors (Lipinski definition) is 5. The van der Waals surface area contributed by atoms with E-state index in [4.69, 9.17) is 0 Å². The highest BCUT2D eigenvalue weighted by Crippen LogP contribution is 2.27. The van der Waals surface area contributed by atoms with E-state index in [1.807, 2.05) is 12.1 Å². The summed E-state index contributed by atoms with van der Waals surface area (Å²) in [5.41, 5.74) is 0.711. The van der Waals surface area contributed by atoms with E-state index >= 15 is 0 Å². The Hall–Kier alpha value is -2.46. The second-order valence-corrected chi connectivity index (χ2v) is 9.05. The molecule has 0 spiro atoms. The predicted molar refractivity (Wildman–Crippen MR) is 102 cm³/mol. The fraction of sp³-hybridized carbons (Fsp3) is 0.176. The number of hydrogen-bond donors (Lipinski definition) is 1. The molecule has 0 saturated heterocycles. The molecule has 0 amide bonds. The molecule has 0 aromatic carbocycles. The van der Waals surface area contributed by atoms with Crippen molar-refractivity contribution in [3.05, 3.63) is 59.4 Å². The molecule has 0 fully saturated rings. The van der Waals surface area contributed by atoms with Gasteiger partial charge in [0.15, 0.2) is 5.13 Å². The number of aromatic nitrogens is 3. The van der Waals surface area contributed by atoms with Gasteiger partial charge in [-0.15, -0.1) is 11.3 Å². The van der Waals surface area contributed by atoms with E-state index in [0.29, 0.717) is 26.9 Å². The maximum absolute atomic E-state index is 13.0. The Balaban J connectivity index is 1.87. The van der Waals surface area contributed by atoms with Crippen LogP contribution in [0.4, 0.5) is 18.3 Å². The first kappa shape index (κ1) is 19.3. The lowest BCUT2D eigenvalue weighted by Gasteiger charge is -2.12. The van der Waals surface area contributed by atoms with Crippen LogP contribution >= 0.6 is 11.3 Å². The zero-order valence-corrected chi connectivity index (χ0v) is 16.0. The number of halogens is 3. The minimum atomic E-state index is -4.51. The lowest BCUT2D eigenvalue weighted by atomic mass is 10.2. The zero-order valence-electron chi connectivity index (χ0n) is 14.3. The van der Waals surface area contributed by atoms with Gasteiger partial charge in [0.2, 0.25) is 0 Å². The molecule has 1 unspecified atom stereocenters. The van der Waals surface area contributed by atoms with Crippen LogP contribution in [0.5, 0.6) is 0 Å². The van der Waals surface area contributed by atoms with E-state index in [-0.39, 0.29) is 0 Å². The molecular weight excluding hydrogens is 397 g/mol. The van der Waals surface area contributed by atoms with Crippen LogP contribution in [0.1, 0.15) is 18.2 Å². The summed E-state index contributed by atoms with van der Waals surface area (Å²) >= 11 is 1.27. The molecule has 0 radical (unpaired) electrons. The van der Waals surface area contributed by atoms with Crippen molar-refractivity contribution in [2.24, 2.45) is 0 Å². The van der Waals surface area contributed by atoms with Crippen LogP contribution in [0.15, 0.2) is 48.1 Å². The third-order valence-electron chi connectivity index (χ3n) is 3.76. The molecule has 1 N–H and O–H groups in total. The molecule has 3 heterocycles. The molecule has 1 atom stereocenters. The van der Waals surface area contributed by atoms with Crippen molar-refractivity contribution < 1.29 is 17.4 Å². The van der Waals surface area contributed by atoms with Gasteiger partial charge in [-0.25, -0.2) is 9.19 Å². The lowest BCUT2D eigenvalue weighted by molar-refractivity contribution is -0.141. The standard InChI is InChI=1S/C17H15F3N4OS2/c1-11(12-6-7-15(22-9-12)17(18,19)20)27(2,25)24-16-23-14(10-26-16)13-5-3-4-8-21-13/h3-10H,1-2H3,(H,23,24,25). The molecule has 27 heavy (non-hydrogen) atoms. The average molecular weight is 412 g/mol. The van der Waals surface area contributed by atoms with Crippen molar-refractivity contribution in [2.45, 2.75) is 13.1 Å². The van der Waals surface area contributed by atoms with Crippen molar-refractivity contribution in [2.75, 3.05) is 11.0 Å². The van der Waals surface area contributed by atoms with E-state index in [9.17, 15) is 17.4 Å². The predicted octanol–water partition coefficient (Wildman–Crippen LogP) is 4.10. The van der Waals surface area contributed by atoms with E-state index in [1.165, 1.54) is 23.7 Å². The van der Waals surface area contributed by atoms with Gasteiger partial charge in [0.1, 0.15) is 11.4 Å². The summed E-state index contributed by atoms with van der Waals surface area (Å²) in [4.78, 5) is 12.4. The molecule has 3 aromatic rings. The van der Waals surface area contributed by atoms with Crippen molar-refractivity contribution in [3.8, 4) is 11.4 Å². The number of alkyl halides is 3. The smallest absolute Gasteiger partial charge is 0.288 e. The van der Waals surface area contributed by atoms with E-state index in [0.717, 1.165) is 12.3 Å². The summed E-state index contributed by atoms with van der Waals surface area (Å²) in [6, 6.07) is 7.58. The van der Waals surface area contributed by atoms with Crippen molar-refractivity contribution >= 4 is 31.0 Å². The largest absolute Gasteiger partial charge is 0.433 e. The molecule has 0 bridgehead atoms. The maximum Gasteiger partial charge on any atom is 0.433 e. The number of pyridine rings is 2. The van der Waals surface area contributed by atoms with Crippen LogP contribution in [0, 0.1) is 0 Å². The molecule has 5 nitrogen and oxygen atoms in total. The minimum Gasteiger partial charge on any atom is -0.288 e. The highest BCUT2D eigenvalue weighted by atomic mass is 32.2. The normalized spacial score (nSPS) is 13.8. The SMILES string of the molecule is CC(c1ccc(C(F)(F)F)nc1)=S(C)(=O)Nc1nc(-c2ccccn2)cs1. The van der Waals surface area contributed by atoms with Gasteiger partial charge in [0, 0.05) is 34.5 Å². The van der Waals surface area contributed by atoms with Crippen LogP contribution < -0.4 is 4.72 Å². The third kappa shape index (κ3) is 4.45. The van der Waals surface area contributed by atoms with Gasteiger partial charge >= 0.3 is 6.18 Å². The monoisotopic (exact) mass is 412 g/mol. The summed E-state index contributed by atoms with van der Waals surface area (Å²) in [7, 11) is -2.76. The molecule has 0 aliphatic rings. The molecule has 3 rings (SSSR count). The fourth-order valence-electron chi connectivity index (χ4n) is 2.19. The van der Waals surface area contributed by atoms with Gasteiger partial charge in [-0.3, -0.25) is 14.7 Å². The van der Waals surface area contributed by atoms with E-state index in [1.54, 1.807) is 24.6 Å². The summed E-state index contributed by atoms with van der Waals surface area (Å²) in [5.74, 6) is 0. The average Bonchev–Trinajstić information content (AvgIpc) is 3.09. The van der Waals surface area contributed by atoms with Gasteiger partial charge in [-0.2, -0.15) is 13.2 Å². The first-order valence-corrected chi connectivity index (χ1v) is 10.5. The Bertz CT molecular complexity index is 1050. The van der Waals surface area contributed by atoms with E-state index < -0.39 is 21.6 Å². The van der Waals surface area contributed by atoms with Gasteiger partial charge in [-0.1, -0.05) is 12.1 Å². The lowest BCUT2D eigenvalue weighted by Crippen LogP contribution is -2.20. The first-order valence-electron chi connectivity index (χ1n) is 7.68. The Morgan fingerprint density at radius 2 is 1.93 bits per heavy atom. The minimum absolute atomic E-state index is 0.365. The number of rotatable bonds is 4. The summed E-state index contributed by atoms with van der Waals surface area (Å²) in [6.45, 7) is 1.59. The molecule has 0 aliphatic carbocycles. The quantitative estimate of drug-likeness (QED) is 0.518. The van der Waals surface area contributed by atoms with Crippen LogP contribution in [0.3, 0.4) is 0 Å². The van der Waals surface area contributed by atoms with Crippen molar-refractivity contribution in [1.82, 2.24) is 15.0 Å². The summed E-state index contributed by atoms with van der Waals surface area (Å²) in [5, 5.41) is 2.22. The molecule has 10 heteroatoms. The molecular formula is C17H15F3N4OS2. The summed E-state index contributed by atoms with van der Waals surface area (Å²) in [6.07, 6.45) is -0.312. The number of nitrogens with zero attached hydrogens (tertiary/aromatic N) is 3. The zero-order chi connectivity index (χ0) is 19.7. The second kappa shape index (κ2) is 7.28. The van der Waals surface area contributed by atoms with Crippen molar-refractivity contribution in [3.63, 3.8) is 0 Å². The highest BCUT2D eigenvalue weighted by Gasteiger charge is 2.32. The van der Waals surface area contributed by atoms with Crippen LogP contribution in [-0.2, 0) is 15.9 Å². The second-order valence-electron chi connectivity index (χ2n) is 5.68. The Morgan fingerprint density at radius 3 is 2.52 bits per heavy atom. The van der Waals surface area contributed by atoms with Crippen LogP contribution in [0.2, 0.25) is 0 Å². The van der Waals surface area contributed by atoms with Gasteiger partial charge in [0.25, 0.3) is 0 Å². The number of thiazole rings is 1. The highest BCUT2D eigenvalue weighted by molar-refractivity contribution is 8.03. The Labute approximate surface area is 158 Å². The van der Waals surface area contributed by atoms with Crippen molar-refractivity contribution in [1.29, 1.82) is 0 Å². The van der Waals surface area contributed by atoms with E-state index in [2.05, 4.69) is 19.7 Å². The van der Waals surface area contributed by atoms with Crippen LogP contribution in [-0.4, -0.2) is 30.3 Å². The summed E-state index contributed by atoms with van der Waals surface area (Å²) < 4.78 is 53.8. The van der Waals surface area contributed by atoms with Gasteiger partial charge in [0.05, 0.1) is 15.4 Å². The molecule has 0 aliphatic heterocycles.